The Morgan fingerprint density at radius 1 is 1.64 bits per heavy atom. The maximum Gasteiger partial charge on any atom is 0.0238 e. The minimum absolute atomic E-state index is 0.425. The minimum atomic E-state index is 0.425. The fourth-order valence-corrected chi connectivity index (χ4v) is 3.41. The Hall–Kier alpha value is -0.130. The Morgan fingerprint density at radius 3 is 2.93 bits per heavy atom. The maximum absolute atomic E-state index is 5.31. The van der Waals surface area contributed by atoms with Gasteiger partial charge in [0.15, 0.2) is 0 Å². The molecule has 0 aromatic rings. The Morgan fingerprint density at radius 2 is 2.36 bits per heavy atom. The summed E-state index contributed by atoms with van der Waals surface area (Å²) in [5.41, 5.74) is 0.425. The Balaban J connectivity index is 2.46. The van der Waals surface area contributed by atoms with Crippen LogP contribution in [0.25, 0.3) is 0 Å². The van der Waals surface area contributed by atoms with Gasteiger partial charge in [-0.15, -0.1) is 12.3 Å². The number of hydrogen-bond donors (Lipinski definition) is 1. The molecule has 0 saturated carbocycles. The van der Waals surface area contributed by atoms with Gasteiger partial charge in [-0.2, -0.15) is 11.8 Å². The van der Waals surface area contributed by atoms with E-state index in [1.165, 1.54) is 17.9 Å². The second-order valence-corrected chi connectivity index (χ2v) is 5.99. The Labute approximate surface area is 92.4 Å². The molecule has 0 aliphatic carbocycles. The van der Waals surface area contributed by atoms with Gasteiger partial charge in [-0.25, -0.2) is 0 Å². The predicted molar refractivity (Wildman–Crippen MR) is 65.6 cm³/mol. The highest BCUT2D eigenvalue weighted by Crippen LogP contribution is 2.34. The lowest BCUT2D eigenvalue weighted by Gasteiger charge is -2.40. The van der Waals surface area contributed by atoms with E-state index in [2.05, 4.69) is 43.8 Å². The summed E-state index contributed by atoms with van der Waals surface area (Å²) < 4.78 is 0. The van der Waals surface area contributed by atoms with E-state index in [0.29, 0.717) is 17.5 Å². The summed E-state index contributed by atoms with van der Waals surface area (Å²) in [5.74, 6) is 5.24. The van der Waals surface area contributed by atoms with Crippen molar-refractivity contribution in [2.75, 3.05) is 11.5 Å². The van der Waals surface area contributed by atoms with E-state index in [9.17, 15) is 0 Å². The van der Waals surface area contributed by atoms with Crippen LogP contribution in [0.1, 0.15) is 33.6 Å². The third kappa shape index (κ3) is 3.22. The van der Waals surface area contributed by atoms with Gasteiger partial charge >= 0.3 is 0 Å². The molecule has 1 saturated heterocycles. The van der Waals surface area contributed by atoms with Gasteiger partial charge in [-0.05, 0) is 24.5 Å². The van der Waals surface area contributed by atoms with E-state index in [1.807, 2.05) is 0 Å². The van der Waals surface area contributed by atoms with Crippen LogP contribution in [0.3, 0.4) is 0 Å². The molecule has 1 fully saturated rings. The van der Waals surface area contributed by atoms with Gasteiger partial charge in [0, 0.05) is 24.3 Å². The lowest BCUT2D eigenvalue weighted by molar-refractivity contribution is 0.232. The second-order valence-electron chi connectivity index (χ2n) is 4.84. The van der Waals surface area contributed by atoms with Crippen molar-refractivity contribution < 1.29 is 0 Å². The first kappa shape index (κ1) is 11.9. The molecule has 1 nitrogen and oxygen atoms in total. The van der Waals surface area contributed by atoms with Crippen LogP contribution in [0.15, 0.2) is 0 Å². The van der Waals surface area contributed by atoms with Crippen molar-refractivity contribution in [1.29, 1.82) is 0 Å². The Bertz CT molecular complexity index is 217. The zero-order chi connectivity index (χ0) is 10.6. The normalized spacial score (nSPS) is 28.0. The molecule has 2 unspecified atom stereocenters. The fraction of sp³-hybridized carbons (Fsp3) is 0.833. The standard InChI is InChI=1S/C12H21NS/c1-5-6-10(2)13-11-9-14-8-7-12(11,3)4/h1,10-11,13H,6-9H2,2-4H3. The number of thioether (sulfide) groups is 1. The van der Waals surface area contributed by atoms with E-state index in [1.54, 1.807) is 0 Å². The maximum atomic E-state index is 5.31. The summed E-state index contributed by atoms with van der Waals surface area (Å²) in [7, 11) is 0. The molecule has 1 aliphatic heterocycles. The molecule has 1 aliphatic rings. The molecular formula is C12H21NS. The SMILES string of the molecule is C#CCC(C)NC1CSCCC1(C)C. The zero-order valence-electron chi connectivity index (χ0n) is 9.47. The lowest BCUT2D eigenvalue weighted by atomic mass is 9.82. The average Bonchev–Trinajstić information content (AvgIpc) is 2.09. The first-order chi connectivity index (χ1) is 6.56. The summed E-state index contributed by atoms with van der Waals surface area (Å²) in [6, 6.07) is 1.06. The second kappa shape index (κ2) is 5.09. The van der Waals surface area contributed by atoms with Gasteiger partial charge in [0.2, 0.25) is 0 Å². The van der Waals surface area contributed by atoms with Crippen LogP contribution in [0.2, 0.25) is 0 Å². The van der Waals surface area contributed by atoms with E-state index in [4.69, 9.17) is 6.42 Å². The van der Waals surface area contributed by atoms with Crippen LogP contribution in [0.5, 0.6) is 0 Å². The molecule has 0 aromatic carbocycles. The highest BCUT2D eigenvalue weighted by molar-refractivity contribution is 7.99. The summed E-state index contributed by atoms with van der Waals surface area (Å²) in [4.78, 5) is 0. The molecule has 1 rings (SSSR count). The van der Waals surface area contributed by atoms with Gasteiger partial charge in [0.25, 0.3) is 0 Å². The van der Waals surface area contributed by atoms with Crippen molar-refractivity contribution in [3.8, 4) is 12.3 Å². The zero-order valence-corrected chi connectivity index (χ0v) is 10.3. The highest BCUT2D eigenvalue weighted by atomic mass is 32.2. The monoisotopic (exact) mass is 211 g/mol. The fourth-order valence-electron chi connectivity index (χ4n) is 1.79. The van der Waals surface area contributed by atoms with Crippen LogP contribution in [-0.4, -0.2) is 23.6 Å². The van der Waals surface area contributed by atoms with Crippen LogP contribution in [0.4, 0.5) is 0 Å². The van der Waals surface area contributed by atoms with Crippen LogP contribution in [-0.2, 0) is 0 Å². The van der Waals surface area contributed by atoms with Gasteiger partial charge in [-0.3, -0.25) is 0 Å². The number of rotatable bonds is 3. The van der Waals surface area contributed by atoms with E-state index in [0.717, 1.165) is 6.42 Å². The molecule has 2 heteroatoms. The first-order valence-electron chi connectivity index (χ1n) is 5.33. The Kier molecular flexibility index (Phi) is 4.34. The summed E-state index contributed by atoms with van der Waals surface area (Å²) in [6.45, 7) is 6.88. The van der Waals surface area contributed by atoms with E-state index in [-0.39, 0.29) is 0 Å². The number of hydrogen-bond acceptors (Lipinski definition) is 2. The van der Waals surface area contributed by atoms with Crippen molar-refractivity contribution >= 4 is 11.8 Å². The summed E-state index contributed by atoms with van der Waals surface area (Å²) >= 11 is 2.05. The molecule has 0 amide bonds. The highest BCUT2D eigenvalue weighted by Gasteiger charge is 2.32. The van der Waals surface area contributed by atoms with Gasteiger partial charge in [0.05, 0.1) is 0 Å². The summed E-state index contributed by atoms with van der Waals surface area (Å²) in [5, 5.41) is 3.65. The molecule has 2 atom stereocenters. The molecule has 1 N–H and O–H groups in total. The van der Waals surface area contributed by atoms with Crippen LogP contribution in [0, 0.1) is 17.8 Å². The topological polar surface area (TPSA) is 12.0 Å². The molecule has 1 heterocycles. The van der Waals surface area contributed by atoms with Gasteiger partial charge in [-0.1, -0.05) is 13.8 Å². The van der Waals surface area contributed by atoms with Crippen LogP contribution >= 0.6 is 11.8 Å². The third-order valence-electron chi connectivity index (χ3n) is 3.03. The van der Waals surface area contributed by atoms with Crippen molar-refractivity contribution in [1.82, 2.24) is 5.32 Å². The first-order valence-corrected chi connectivity index (χ1v) is 6.49. The summed E-state index contributed by atoms with van der Waals surface area (Å²) in [6.07, 6.45) is 7.44. The van der Waals surface area contributed by atoms with Crippen LogP contribution < -0.4 is 5.32 Å². The molecular weight excluding hydrogens is 190 g/mol. The number of terminal acetylenes is 1. The van der Waals surface area contributed by atoms with Gasteiger partial charge < -0.3 is 5.32 Å². The van der Waals surface area contributed by atoms with Gasteiger partial charge in [0.1, 0.15) is 0 Å². The molecule has 14 heavy (non-hydrogen) atoms. The lowest BCUT2D eigenvalue weighted by Crippen LogP contribution is -2.49. The molecule has 0 spiro atoms. The molecule has 0 radical (unpaired) electrons. The smallest absolute Gasteiger partial charge is 0.0238 e. The quantitative estimate of drug-likeness (QED) is 0.720. The third-order valence-corrected chi connectivity index (χ3v) is 4.09. The van der Waals surface area contributed by atoms with E-state index >= 15 is 0 Å². The largest absolute Gasteiger partial charge is 0.309 e. The van der Waals surface area contributed by atoms with Crippen molar-refractivity contribution in [3.63, 3.8) is 0 Å². The molecule has 80 valence electrons. The average molecular weight is 211 g/mol. The van der Waals surface area contributed by atoms with Crippen molar-refractivity contribution in [2.45, 2.75) is 45.7 Å². The van der Waals surface area contributed by atoms with Crippen molar-refractivity contribution in [2.24, 2.45) is 5.41 Å². The predicted octanol–water partition coefficient (Wildman–Crippen LogP) is 2.52. The number of nitrogens with one attached hydrogen (secondary N) is 1. The minimum Gasteiger partial charge on any atom is -0.309 e. The molecule has 0 aromatic heterocycles. The van der Waals surface area contributed by atoms with Crippen molar-refractivity contribution in [3.05, 3.63) is 0 Å². The molecule has 0 bridgehead atoms. The van der Waals surface area contributed by atoms with E-state index < -0.39 is 0 Å².